The maximum absolute atomic E-state index is 9.74. The molecule has 2 aliphatic rings. The molecule has 1 heterocycles. The van der Waals surface area contributed by atoms with E-state index in [1.54, 1.807) is 0 Å². The van der Waals surface area contributed by atoms with Crippen LogP contribution in [0.5, 0.6) is 0 Å². The summed E-state index contributed by atoms with van der Waals surface area (Å²) in [7, 11) is 4.35. The van der Waals surface area contributed by atoms with Gasteiger partial charge in [0.05, 0.1) is 0 Å². The lowest BCUT2D eigenvalue weighted by atomic mass is 9.74. The lowest BCUT2D eigenvalue weighted by Gasteiger charge is -2.39. The highest BCUT2D eigenvalue weighted by atomic mass is 16.3. The van der Waals surface area contributed by atoms with Crippen molar-refractivity contribution in [3.8, 4) is 0 Å². The third-order valence-corrected chi connectivity index (χ3v) is 4.79. The monoisotopic (exact) mass is 240 g/mol. The predicted octanol–water partition coefficient (Wildman–Crippen LogP) is 1.57. The van der Waals surface area contributed by atoms with Crippen LogP contribution in [0.2, 0.25) is 0 Å². The van der Waals surface area contributed by atoms with Crippen LogP contribution in [0.4, 0.5) is 0 Å². The molecular formula is C14H28N2O. The Morgan fingerprint density at radius 1 is 1.24 bits per heavy atom. The van der Waals surface area contributed by atoms with E-state index in [0.29, 0.717) is 12.6 Å². The van der Waals surface area contributed by atoms with Gasteiger partial charge in [0, 0.05) is 31.2 Å². The van der Waals surface area contributed by atoms with E-state index in [-0.39, 0.29) is 5.41 Å². The summed E-state index contributed by atoms with van der Waals surface area (Å²) in [5.74, 6) is 0. The van der Waals surface area contributed by atoms with Crippen molar-refractivity contribution in [2.45, 2.75) is 44.6 Å². The number of aliphatic hydroxyl groups is 1. The molecule has 0 bridgehead atoms. The number of hydrogen-bond donors (Lipinski definition) is 1. The molecule has 0 aromatic carbocycles. The maximum Gasteiger partial charge on any atom is 0.0499 e. The molecule has 1 saturated heterocycles. The van der Waals surface area contributed by atoms with Crippen molar-refractivity contribution in [1.82, 2.24) is 9.80 Å². The van der Waals surface area contributed by atoms with Gasteiger partial charge in [-0.25, -0.2) is 0 Å². The fraction of sp³-hybridized carbons (Fsp3) is 1.00. The van der Waals surface area contributed by atoms with Crippen LogP contribution in [0.15, 0.2) is 0 Å². The summed E-state index contributed by atoms with van der Waals surface area (Å²) in [5, 5.41) is 9.74. The lowest BCUT2D eigenvalue weighted by Crippen LogP contribution is -2.42. The number of hydrogen-bond acceptors (Lipinski definition) is 3. The van der Waals surface area contributed by atoms with Crippen LogP contribution in [0.1, 0.15) is 38.5 Å². The van der Waals surface area contributed by atoms with Crippen LogP contribution in [0.3, 0.4) is 0 Å². The Morgan fingerprint density at radius 2 is 1.94 bits per heavy atom. The van der Waals surface area contributed by atoms with Crippen molar-refractivity contribution in [1.29, 1.82) is 0 Å². The van der Waals surface area contributed by atoms with E-state index in [2.05, 4.69) is 23.9 Å². The number of likely N-dealkylation sites (tertiary alicyclic amines) is 1. The van der Waals surface area contributed by atoms with Crippen LogP contribution in [-0.2, 0) is 0 Å². The number of rotatable bonds is 4. The molecule has 17 heavy (non-hydrogen) atoms. The van der Waals surface area contributed by atoms with Gasteiger partial charge in [-0.1, -0.05) is 19.3 Å². The second-order valence-corrected chi connectivity index (χ2v) is 6.36. The van der Waals surface area contributed by atoms with Crippen LogP contribution in [-0.4, -0.2) is 61.3 Å². The Balaban J connectivity index is 1.87. The van der Waals surface area contributed by atoms with Gasteiger partial charge in [-0.05, 0) is 39.9 Å². The topological polar surface area (TPSA) is 26.7 Å². The standard InChI is InChI=1S/C14H28N2O/c1-15(2)13-6-9-16(10-13)11-14(12-17)7-4-3-5-8-14/h13,17H,3-12H2,1-2H3. The molecule has 1 saturated carbocycles. The van der Waals surface area contributed by atoms with Gasteiger partial charge in [0.25, 0.3) is 0 Å². The van der Waals surface area contributed by atoms with Gasteiger partial charge >= 0.3 is 0 Å². The van der Waals surface area contributed by atoms with Crippen molar-refractivity contribution in [2.75, 3.05) is 40.3 Å². The fourth-order valence-electron chi connectivity index (χ4n) is 3.52. The SMILES string of the molecule is CN(C)C1CCN(CC2(CO)CCCCC2)C1. The Morgan fingerprint density at radius 3 is 2.47 bits per heavy atom. The second kappa shape index (κ2) is 5.68. The minimum atomic E-state index is 0.222. The average molecular weight is 240 g/mol. The average Bonchev–Trinajstić information content (AvgIpc) is 2.79. The first kappa shape index (κ1) is 13.3. The van der Waals surface area contributed by atoms with Crippen molar-refractivity contribution in [3.05, 3.63) is 0 Å². The summed E-state index contributed by atoms with van der Waals surface area (Å²) >= 11 is 0. The van der Waals surface area contributed by atoms with Crippen LogP contribution in [0, 0.1) is 5.41 Å². The van der Waals surface area contributed by atoms with Gasteiger partial charge in [-0.2, -0.15) is 0 Å². The molecular weight excluding hydrogens is 212 g/mol. The van der Waals surface area contributed by atoms with E-state index in [1.165, 1.54) is 51.6 Å². The number of likely N-dealkylation sites (N-methyl/N-ethyl adjacent to an activating group) is 1. The molecule has 1 aliphatic heterocycles. The van der Waals surface area contributed by atoms with E-state index in [0.717, 1.165) is 6.54 Å². The molecule has 2 fully saturated rings. The highest BCUT2D eigenvalue weighted by Crippen LogP contribution is 2.37. The first-order valence-electron chi connectivity index (χ1n) is 7.15. The van der Waals surface area contributed by atoms with Gasteiger partial charge in [0.1, 0.15) is 0 Å². The summed E-state index contributed by atoms with van der Waals surface area (Å²) in [6.07, 6.45) is 7.73. The zero-order valence-electron chi connectivity index (χ0n) is 11.5. The second-order valence-electron chi connectivity index (χ2n) is 6.36. The fourth-order valence-corrected chi connectivity index (χ4v) is 3.52. The largest absolute Gasteiger partial charge is 0.396 e. The molecule has 0 radical (unpaired) electrons. The van der Waals surface area contributed by atoms with Crippen LogP contribution >= 0.6 is 0 Å². The summed E-state index contributed by atoms with van der Waals surface area (Å²) in [4.78, 5) is 4.92. The van der Waals surface area contributed by atoms with E-state index in [4.69, 9.17) is 0 Å². The third-order valence-electron chi connectivity index (χ3n) is 4.79. The Kier molecular flexibility index (Phi) is 4.45. The van der Waals surface area contributed by atoms with Crippen LogP contribution in [0.25, 0.3) is 0 Å². The molecule has 100 valence electrons. The van der Waals surface area contributed by atoms with E-state index in [1.807, 2.05) is 0 Å². The number of nitrogens with zero attached hydrogens (tertiary/aromatic N) is 2. The highest BCUT2D eigenvalue weighted by molar-refractivity contribution is 4.89. The van der Waals surface area contributed by atoms with Gasteiger partial charge in [-0.15, -0.1) is 0 Å². The smallest absolute Gasteiger partial charge is 0.0499 e. The zero-order valence-corrected chi connectivity index (χ0v) is 11.5. The lowest BCUT2D eigenvalue weighted by molar-refractivity contribution is 0.0461. The molecule has 1 unspecified atom stereocenters. The third kappa shape index (κ3) is 3.21. The highest BCUT2D eigenvalue weighted by Gasteiger charge is 2.35. The molecule has 1 aliphatic carbocycles. The van der Waals surface area contributed by atoms with Gasteiger partial charge in [0.15, 0.2) is 0 Å². The Labute approximate surface area is 106 Å². The van der Waals surface area contributed by atoms with Crippen molar-refractivity contribution in [2.24, 2.45) is 5.41 Å². The summed E-state index contributed by atoms with van der Waals surface area (Å²) < 4.78 is 0. The summed E-state index contributed by atoms with van der Waals surface area (Å²) in [6.45, 7) is 3.91. The minimum absolute atomic E-state index is 0.222. The van der Waals surface area contributed by atoms with Crippen molar-refractivity contribution >= 4 is 0 Å². The van der Waals surface area contributed by atoms with Crippen molar-refractivity contribution in [3.63, 3.8) is 0 Å². The summed E-state index contributed by atoms with van der Waals surface area (Å²) in [6, 6.07) is 0.717. The first-order valence-corrected chi connectivity index (χ1v) is 7.15. The molecule has 0 spiro atoms. The first-order chi connectivity index (χ1) is 8.15. The Bertz CT molecular complexity index is 236. The molecule has 2 rings (SSSR count). The van der Waals surface area contributed by atoms with Crippen molar-refractivity contribution < 1.29 is 5.11 Å². The zero-order chi connectivity index (χ0) is 12.3. The van der Waals surface area contributed by atoms with Crippen LogP contribution < -0.4 is 0 Å². The molecule has 3 nitrogen and oxygen atoms in total. The number of aliphatic hydroxyl groups excluding tert-OH is 1. The molecule has 0 amide bonds. The molecule has 0 aromatic heterocycles. The Hall–Kier alpha value is -0.120. The van der Waals surface area contributed by atoms with Gasteiger partial charge in [-0.3, -0.25) is 0 Å². The molecule has 1 atom stereocenters. The van der Waals surface area contributed by atoms with E-state index < -0.39 is 0 Å². The minimum Gasteiger partial charge on any atom is -0.396 e. The summed E-state index contributed by atoms with van der Waals surface area (Å²) in [5.41, 5.74) is 0.222. The molecule has 0 aromatic rings. The quantitative estimate of drug-likeness (QED) is 0.808. The predicted molar refractivity (Wildman–Crippen MR) is 71.1 cm³/mol. The van der Waals surface area contributed by atoms with E-state index in [9.17, 15) is 5.11 Å². The van der Waals surface area contributed by atoms with Gasteiger partial charge < -0.3 is 14.9 Å². The van der Waals surface area contributed by atoms with Gasteiger partial charge in [0.2, 0.25) is 0 Å². The van der Waals surface area contributed by atoms with E-state index >= 15 is 0 Å². The normalized spacial score (nSPS) is 30.0. The maximum atomic E-state index is 9.74. The molecule has 1 N–H and O–H groups in total. The molecule has 3 heteroatoms.